The molecule has 0 spiro atoms. The molecule has 0 saturated heterocycles. The summed E-state index contributed by atoms with van der Waals surface area (Å²) in [5, 5.41) is 7.97. The van der Waals surface area contributed by atoms with E-state index in [9.17, 15) is 0 Å². The summed E-state index contributed by atoms with van der Waals surface area (Å²) >= 11 is 1.79. The zero-order valence-electron chi connectivity index (χ0n) is 12.4. The quantitative estimate of drug-likeness (QED) is 0.770. The Bertz CT molecular complexity index is 329. The predicted molar refractivity (Wildman–Crippen MR) is 84.9 cm³/mol. The van der Waals surface area contributed by atoms with Gasteiger partial charge < -0.3 is 10.2 Å². The van der Waals surface area contributed by atoms with Gasteiger partial charge in [-0.15, -0.1) is 0 Å². The fourth-order valence-corrected chi connectivity index (χ4v) is 3.62. The minimum Gasteiger partial charge on any atom is -0.315 e. The number of hydrogen-bond donors (Lipinski definition) is 1. The molecule has 2 nitrogen and oxygen atoms in total. The molecule has 1 aromatic rings. The fourth-order valence-electron chi connectivity index (χ4n) is 2.91. The van der Waals surface area contributed by atoms with Gasteiger partial charge in [-0.25, -0.2) is 0 Å². The van der Waals surface area contributed by atoms with Gasteiger partial charge in [0.05, 0.1) is 0 Å². The molecule has 0 amide bonds. The van der Waals surface area contributed by atoms with Gasteiger partial charge in [-0.1, -0.05) is 6.92 Å². The van der Waals surface area contributed by atoms with E-state index in [0.29, 0.717) is 0 Å². The molecule has 1 aliphatic rings. The number of thiophene rings is 1. The second kappa shape index (κ2) is 8.03. The fraction of sp³-hybridized carbons (Fsp3) is 0.750. The highest BCUT2D eigenvalue weighted by atomic mass is 32.1. The molecule has 3 heteroatoms. The molecule has 1 fully saturated rings. The van der Waals surface area contributed by atoms with Gasteiger partial charge in [0.15, 0.2) is 0 Å². The van der Waals surface area contributed by atoms with Gasteiger partial charge in [0, 0.05) is 19.1 Å². The Morgan fingerprint density at radius 2 is 2.05 bits per heavy atom. The second-order valence-corrected chi connectivity index (χ2v) is 6.81. The van der Waals surface area contributed by atoms with Crippen molar-refractivity contribution in [2.24, 2.45) is 5.92 Å². The van der Waals surface area contributed by atoms with E-state index in [0.717, 1.165) is 31.5 Å². The maximum atomic E-state index is 3.57. The van der Waals surface area contributed by atoms with Crippen LogP contribution in [0.1, 0.15) is 38.2 Å². The lowest BCUT2D eigenvalue weighted by Crippen LogP contribution is -2.39. The molecule has 0 unspecified atom stereocenters. The summed E-state index contributed by atoms with van der Waals surface area (Å²) in [6.07, 6.45) is 6.79. The number of nitrogens with one attached hydrogen (secondary N) is 1. The van der Waals surface area contributed by atoms with Crippen molar-refractivity contribution >= 4 is 11.3 Å². The van der Waals surface area contributed by atoms with Crippen LogP contribution in [0.25, 0.3) is 0 Å². The van der Waals surface area contributed by atoms with Crippen LogP contribution in [0, 0.1) is 5.92 Å². The summed E-state index contributed by atoms with van der Waals surface area (Å²) in [6.45, 7) is 5.80. The van der Waals surface area contributed by atoms with Crippen molar-refractivity contribution < 1.29 is 0 Å². The lowest BCUT2D eigenvalue weighted by atomic mass is 9.87. The highest BCUT2D eigenvalue weighted by Crippen LogP contribution is 2.26. The van der Waals surface area contributed by atoms with Gasteiger partial charge in [0.25, 0.3) is 0 Å². The summed E-state index contributed by atoms with van der Waals surface area (Å²) in [6, 6.07) is 3.05. The Balaban J connectivity index is 1.53. The summed E-state index contributed by atoms with van der Waals surface area (Å²) in [4.78, 5) is 2.56. The SMILES string of the molecule is CC1CCC(N(C)CCNCCc2ccsc2)CC1. The first-order valence-electron chi connectivity index (χ1n) is 7.67. The van der Waals surface area contributed by atoms with Crippen molar-refractivity contribution in [1.29, 1.82) is 0 Å². The van der Waals surface area contributed by atoms with Crippen molar-refractivity contribution in [3.8, 4) is 0 Å². The lowest BCUT2D eigenvalue weighted by Gasteiger charge is -2.33. The molecular weight excluding hydrogens is 252 g/mol. The van der Waals surface area contributed by atoms with E-state index in [-0.39, 0.29) is 0 Å². The van der Waals surface area contributed by atoms with Crippen LogP contribution in [0.15, 0.2) is 16.8 Å². The molecule has 1 heterocycles. The van der Waals surface area contributed by atoms with Gasteiger partial charge in [0.1, 0.15) is 0 Å². The van der Waals surface area contributed by atoms with E-state index in [1.54, 1.807) is 11.3 Å². The number of likely N-dealkylation sites (N-methyl/N-ethyl adjacent to an activating group) is 1. The zero-order valence-corrected chi connectivity index (χ0v) is 13.2. The minimum absolute atomic E-state index is 0.829. The Labute approximate surface area is 122 Å². The van der Waals surface area contributed by atoms with Gasteiger partial charge >= 0.3 is 0 Å². The maximum absolute atomic E-state index is 3.57. The molecule has 1 saturated carbocycles. The van der Waals surface area contributed by atoms with Crippen molar-refractivity contribution in [3.05, 3.63) is 22.4 Å². The van der Waals surface area contributed by atoms with Crippen LogP contribution in [0.2, 0.25) is 0 Å². The summed E-state index contributed by atoms with van der Waals surface area (Å²) in [5.74, 6) is 0.952. The molecule has 2 rings (SSSR count). The van der Waals surface area contributed by atoms with Crippen LogP contribution >= 0.6 is 11.3 Å². The van der Waals surface area contributed by atoms with E-state index in [4.69, 9.17) is 0 Å². The Kier molecular flexibility index (Phi) is 6.35. The van der Waals surface area contributed by atoms with Crippen LogP contribution in [0.4, 0.5) is 0 Å². The standard InChI is InChI=1S/C16H28N2S/c1-14-3-5-16(6-4-14)18(2)11-10-17-9-7-15-8-12-19-13-15/h8,12-14,16-17H,3-7,9-11H2,1-2H3. The Morgan fingerprint density at radius 1 is 1.26 bits per heavy atom. The van der Waals surface area contributed by atoms with E-state index in [1.165, 1.54) is 37.8 Å². The second-order valence-electron chi connectivity index (χ2n) is 6.03. The number of nitrogens with zero attached hydrogens (tertiary/aromatic N) is 1. The number of hydrogen-bond acceptors (Lipinski definition) is 3. The molecule has 108 valence electrons. The van der Waals surface area contributed by atoms with Crippen molar-refractivity contribution in [1.82, 2.24) is 10.2 Å². The van der Waals surface area contributed by atoms with Crippen LogP contribution in [0.5, 0.6) is 0 Å². The van der Waals surface area contributed by atoms with E-state index in [2.05, 4.69) is 41.0 Å². The van der Waals surface area contributed by atoms with Gasteiger partial charge in [-0.2, -0.15) is 11.3 Å². The van der Waals surface area contributed by atoms with Crippen molar-refractivity contribution in [2.75, 3.05) is 26.7 Å². The van der Waals surface area contributed by atoms with E-state index >= 15 is 0 Å². The largest absolute Gasteiger partial charge is 0.315 e. The third-order valence-corrected chi connectivity index (χ3v) is 5.15. The Morgan fingerprint density at radius 3 is 2.74 bits per heavy atom. The normalized spacial score (nSPS) is 23.9. The van der Waals surface area contributed by atoms with Crippen LogP contribution in [-0.4, -0.2) is 37.6 Å². The van der Waals surface area contributed by atoms with Crippen LogP contribution in [0.3, 0.4) is 0 Å². The smallest absolute Gasteiger partial charge is 0.0107 e. The summed E-state index contributed by atoms with van der Waals surface area (Å²) in [5.41, 5.74) is 1.46. The first-order chi connectivity index (χ1) is 9.25. The third kappa shape index (κ3) is 5.25. The van der Waals surface area contributed by atoms with Gasteiger partial charge in [0.2, 0.25) is 0 Å². The van der Waals surface area contributed by atoms with E-state index < -0.39 is 0 Å². The lowest BCUT2D eigenvalue weighted by molar-refractivity contribution is 0.171. The Hall–Kier alpha value is -0.380. The topological polar surface area (TPSA) is 15.3 Å². The van der Waals surface area contributed by atoms with Gasteiger partial charge in [-0.3, -0.25) is 0 Å². The monoisotopic (exact) mass is 280 g/mol. The van der Waals surface area contributed by atoms with Gasteiger partial charge in [-0.05, 0) is 74.0 Å². The average Bonchev–Trinajstić information content (AvgIpc) is 2.92. The first kappa shape index (κ1) is 15.0. The minimum atomic E-state index is 0.829. The number of rotatable bonds is 7. The third-order valence-electron chi connectivity index (χ3n) is 4.42. The molecule has 0 atom stereocenters. The van der Waals surface area contributed by atoms with Crippen LogP contribution in [-0.2, 0) is 6.42 Å². The molecule has 1 aromatic heterocycles. The molecule has 0 radical (unpaired) electrons. The molecule has 0 aromatic carbocycles. The maximum Gasteiger partial charge on any atom is 0.0107 e. The highest BCUT2D eigenvalue weighted by molar-refractivity contribution is 7.07. The van der Waals surface area contributed by atoms with Crippen molar-refractivity contribution in [3.63, 3.8) is 0 Å². The molecule has 19 heavy (non-hydrogen) atoms. The zero-order chi connectivity index (χ0) is 13.5. The highest BCUT2D eigenvalue weighted by Gasteiger charge is 2.20. The molecule has 0 bridgehead atoms. The first-order valence-corrected chi connectivity index (χ1v) is 8.62. The average molecular weight is 280 g/mol. The van der Waals surface area contributed by atoms with Crippen molar-refractivity contribution in [2.45, 2.75) is 45.1 Å². The molecular formula is C16H28N2S. The summed E-state index contributed by atoms with van der Waals surface area (Å²) < 4.78 is 0. The van der Waals surface area contributed by atoms with Crippen LogP contribution < -0.4 is 5.32 Å². The molecule has 1 N–H and O–H groups in total. The van der Waals surface area contributed by atoms with E-state index in [1.807, 2.05) is 0 Å². The molecule has 1 aliphatic carbocycles. The predicted octanol–water partition coefficient (Wildman–Crippen LogP) is 3.39. The summed E-state index contributed by atoms with van der Waals surface area (Å²) in [7, 11) is 2.29. The molecule has 0 aliphatic heterocycles.